The third-order valence-electron chi connectivity index (χ3n) is 7.46. The van der Waals surface area contributed by atoms with E-state index in [4.69, 9.17) is 4.74 Å². The lowest BCUT2D eigenvalue weighted by Crippen LogP contribution is -2.33. The lowest BCUT2D eigenvalue weighted by atomic mass is 10.00. The van der Waals surface area contributed by atoms with Gasteiger partial charge in [-0.25, -0.2) is 18.1 Å². The van der Waals surface area contributed by atoms with Crippen molar-refractivity contribution >= 4 is 21.9 Å². The number of likely N-dealkylation sites (N-methyl/N-ethyl adjacent to an activating group) is 1. The molecular formula is C31H30N4O4S. The first-order valence-electron chi connectivity index (χ1n) is 13.3. The zero-order valence-corrected chi connectivity index (χ0v) is 23.4. The van der Waals surface area contributed by atoms with Gasteiger partial charge in [-0.15, -0.1) is 0 Å². The molecule has 1 amide bonds. The van der Waals surface area contributed by atoms with Gasteiger partial charge in [0.05, 0.1) is 17.1 Å². The number of anilines is 1. The number of hydrogen-bond acceptors (Lipinski definition) is 6. The third kappa shape index (κ3) is 5.16. The van der Waals surface area contributed by atoms with Crippen LogP contribution in [-0.2, 0) is 10.0 Å². The fraction of sp³-hybridized carbons (Fsp3) is 0.258. The van der Waals surface area contributed by atoms with E-state index in [2.05, 4.69) is 26.8 Å². The molecule has 0 saturated heterocycles. The number of aromatic nitrogens is 2. The van der Waals surface area contributed by atoms with Crippen LogP contribution in [0.3, 0.4) is 0 Å². The number of carbonyl (C=O) groups excluding carboxylic acids is 1. The number of sulfonamides is 1. The minimum atomic E-state index is -4.09. The highest BCUT2D eigenvalue weighted by Crippen LogP contribution is 2.40. The van der Waals surface area contributed by atoms with Gasteiger partial charge in [-0.05, 0) is 73.1 Å². The fourth-order valence-corrected chi connectivity index (χ4v) is 6.15. The smallest absolute Gasteiger partial charge is 0.264 e. The Labute approximate surface area is 234 Å². The monoisotopic (exact) mass is 554 g/mol. The Morgan fingerprint density at radius 1 is 0.900 bits per heavy atom. The number of nitrogens with one attached hydrogen (secondary N) is 1. The van der Waals surface area contributed by atoms with Crippen molar-refractivity contribution in [3.05, 3.63) is 101 Å². The molecule has 2 heterocycles. The van der Waals surface area contributed by atoms with Crippen molar-refractivity contribution in [3.63, 3.8) is 0 Å². The van der Waals surface area contributed by atoms with Gasteiger partial charge in [-0.1, -0.05) is 48.5 Å². The number of fused-ring (bicyclic) bond motifs is 4. The van der Waals surface area contributed by atoms with Crippen molar-refractivity contribution in [2.45, 2.75) is 43.6 Å². The van der Waals surface area contributed by atoms with Gasteiger partial charge in [0, 0.05) is 24.2 Å². The lowest BCUT2D eigenvalue weighted by Gasteiger charge is -2.25. The minimum Gasteiger partial charge on any atom is -0.467 e. The summed E-state index contributed by atoms with van der Waals surface area (Å²) in [7, 11) is -2.41. The molecule has 204 valence electrons. The standard InChI is InChI=1S/C31H30N4O4S/c1-19-6-4-7-20(2)29(19)26-17-28-33-31(32-26)34-40(37,38)25-9-5-8-24(16-25)30(36)35(3)18-27(39-28)23-14-12-22(13-15-23)21-10-11-21/h4-9,12-17,21,27H,10-11,18H2,1-3H3,(H,32,33,34)/t27-/m1/s1. The van der Waals surface area contributed by atoms with Crippen LogP contribution in [0.25, 0.3) is 11.3 Å². The topological polar surface area (TPSA) is 101 Å². The van der Waals surface area contributed by atoms with E-state index >= 15 is 0 Å². The number of hydrogen-bond donors (Lipinski definition) is 1. The number of nitrogens with zero attached hydrogens (tertiary/aromatic N) is 3. The average Bonchev–Trinajstić information content (AvgIpc) is 3.77. The van der Waals surface area contributed by atoms with Gasteiger partial charge < -0.3 is 9.64 Å². The Hall–Kier alpha value is -4.24. The largest absolute Gasteiger partial charge is 0.467 e. The molecule has 3 aromatic carbocycles. The molecule has 4 aromatic rings. The Morgan fingerprint density at radius 2 is 1.57 bits per heavy atom. The van der Waals surface area contributed by atoms with Crippen molar-refractivity contribution < 1.29 is 17.9 Å². The molecule has 1 atom stereocenters. The highest BCUT2D eigenvalue weighted by molar-refractivity contribution is 7.92. The van der Waals surface area contributed by atoms with E-state index in [0.717, 1.165) is 22.3 Å². The van der Waals surface area contributed by atoms with Gasteiger partial charge in [0.1, 0.15) is 6.10 Å². The zero-order chi connectivity index (χ0) is 28.0. The summed E-state index contributed by atoms with van der Waals surface area (Å²) < 4.78 is 35.7. The van der Waals surface area contributed by atoms with Crippen LogP contribution in [0.2, 0.25) is 0 Å². The first-order chi connectivity index (χ1) is 19.2. The van der Waals surface area contributed by atoms with E-state index in [0.29, 0.717) is 11.6 Å². The first kappa shape index (κ1) is 26.0. The Kier molecular flexibility index (Phi) is 6.54. The first-order valence-corrected chi connectivity index (χ1v) is 14.8. The third-order valence-corrected chi connectivity index (χ3v) is 8.79. The van der Waals surface area contributed by atoms with E-state index in [-0.39, 0.29) is 34.7 Å². The summed E-state index contributed by atoms with van der Waals surface area (Å²) in [5.41, 5.74) is 5.83. The van der Waals surface area contributed by atoms with Crippen LogP contribution in [0, 0.1) is 13.8 Å². The number of carbonyl (C=O) groups is 1. The molecule has 4 bridgehead atoms. The normalized spacial score (nSPS) is 18.5. The molecule has 2 aliphatic rings. The molecule has 0 spiro atoms. The van der Waals surface area contributed by atoms with Crippen LogP contribution in [0.5, 0.6) is 5.88 Å². The summed E-state index contributed by atoms with van der Waals surface area (Å²) in [6.07, 6.45) is 1.85. The van der Waals surface area contributed by atoms with Crippen molar-refractivity contribution in [1.29, 1.82) is 0 Å². The van der Waals surface area contributed by atoms with E-state index < -0.39 is 16.1 Å². The average molecular weight is 555 g/mol. The maximum atomic E-state index is 13.4. The van der Waals surface area contributed by atoms with Gasteiger partial charge >= 0.3 is 0 Å². The molecule has 1 N–H and O–H groups in total. The second-order valence-corrected chi connectivity index (χ2v) is 12.2. The summed E-state index contributed by atoms with van der Waals surface area (Å²) in [5, 5.41) is 0. The number of rotatable bonds is 3. The predicted molar refractivity (Wildman–Crippen MR) is 153 cm³/mol. The molecule has 0 radical (unpaired) electrons. The molecule has 0 unspecified atom stereocenters. The summed E-state index contributed by atoms with van der Waals surface area (Å²) in [6.45, 7) is 4.19. The van der Waals surface area contributed by atoms with Crippen LogP contribution in [0.4, 0.5) is 5.95 Å². The van der Waals surface area contributed by atoms with E-state index in [1.54, 1.807) is 30.1 Å². The summed E-state index contributed by atoms with van der Waals surface area (Å²) in [4.78, 5) is 23.9. The second-order valence-electron chi connectivity index (χ2n) is 10.5. The molecule has 1 fully saturated rings. The van der Waals surface area contributed by atoms with Crippen LogP contribution in [0.15, 0.2) is 77.7 Å². The molecule has 40 heavy (non-hydrogen) atoms. The van der Waals surface area contributed by atoms with Crippen LogP contribution >= 0.6 is 0 Å². The number of amides is 1. The molecule has 1 saturated carbocycles. The highest BCUT2D eigenvalue weighted by Gasteiger charge is 2.27. The Bertz CT molecular complexity index is 1700. The van der Waals surface area contributed by atoms with Crippen LogP contribution < -0.4 is 9.46 Å². The number of ether oxygens (including phenoxy) is 1. The van der Waals surface area contributed by atoms with E-state index in [9.17, 15) is 13.2 Å². The van der Waals surface area contributed by atoms with Gasteiger partial charge in [0.15, 0.2) is 0 Å². The zero-order valence-electron chi connectivity index (χ0n) is 22.6. The van der Waals surface area contributed by atoms with Gasteiger partial charge in [-0.2, -0.15) is 4.98 Å². The summed E-state index contributed by atoms with van der Waals surface area (Å²) in [6, 6.07) is 21.9. The predicted octanol–water partition coefficient (Wildman–Crippen LogP) is 5.64. The molecule has 9 heteroatoms. The maximum absolute atomic E-state index is 13.4. The Morgan fingerprint density at radius 3 is 2.27 bits per heavy atom. The van der Waals surface area contributed by atoms with Gasteiger partial charge in [0.25, 0.3) is 15.9 Å². The van der Waals surface area contributed by atoms with Gasteiger partial charge in [0.2, 0.25) is 11.8 Å². The van der Waals surface area contributed by atoms with Gasteiger partial charge in [-0.3, -0.25) is 4.79 Å². The maximum Gasteiger partial charge on any atom is 0.264 e. The number of aryl methyl sites for hydroxylation is 2. The molecule has 1 aliphatic heterocycles. The minimum absolute atomic E-state index is 0.0539. The molecule has 1 aromatic heterocycles. The highest BCUT2D eigenvalue weighted by atomic mass is 32.2. The second kappa shape index (κ2) is 10.1. The summed E-state index contributed by atoms with van der Waals surface area (Å²) in [5.74, 6) is 0.396. The van der Waals surface area contributed by atoms with E-state index in [1.165, 1.54) is 30.5 Å². The molecule has 1 aliphatic carbocycles. The fourth-order valence-electron chi connectivity index (χ4n) is 5.16. The van der Waals surface area contributed by atoms with Crippen molar-refractivity contribution in [2.24, 2.45) is 0 Å². The Balaban J connectivity index is 1.50. The summed E-state index contributed by atoms with van der Waals surface area (Å²) >= 11 is 0. The number of benzene rings is 3. The van der Waals surface area contributed by atoms with Crippen LogP contribution in [-0.4, -0.2) is 42.8 Å². The van der Waals surface area contributed by atoms with Crippen molar-refractivity contribution in [1.82, 2.24) is 14.9 Å². The van der Waals surface area contributed by atoms with Crippen LogP contribution in [0.1, 0.15) is 57.5 Å². The quantitative estimate of drug-likeness (QED) is 0.352. The van der Waals surface area contributed by atoms with E-state index in [1.807, 2.05) is 44.2 Å². The lowest BCUT2D eigenvalue weighted by molar-refractivity contribution is 0.0706. The van der Waals surface area contributed by atoms with Crippen molar-refractivity contribution in [3.8, 4) is 17.1 Å². The molecular weight excluding hydrogens is 524 g/mol. The molecule has 8 nitrogen and oxygen atoms in total. The SMILES string of the molecule is Cc1cccc(C)c1-c1cc2nc(n1)NS(=O)(=O)c1cccc(c1)C(=O)N(C)C[C@H](c1ccc(C3CC3)cc1)O2. The van der Waals surface area contributed by atoms with Crippen molar-refractivity contribution in [2.75, 3.05) is 18.3 Å². The molecule has 6 rings (SSSR count).